The fourth-order valence-electron chi connectivity index (χ4n) is 0.847. The molecule has 2 heteroatoms. The van der Waals surface area contributed by atoms with Crippen molar-refractivity contribution < 1.29 is 4.79 Å². The lowest BCUT2D eigenvalue weighted by molar-refractivity contribution is -0.114. The van der Waals surface area contributed by atoms with Gasteiger partial charge in [-0.1, -0.05) is 37.0 Å². The number of carbonyl (C=O) groups is 1. The van der Waals surface area contributed by atoms with Gasteiger partial charge in [-0.3, -0.25) is 4.79 Å². The molecule has 76 valence electrons. The van der Waals surface area contributed by atoms with Crippen molar-refractivity contribution in [2.75, 3.05) is 0 Å². The minimum Gasteiger partial charge on any atom is -0.295 e. The van der Waals surface area contributed by atoms with Crippen LogP contribution in [0.5, 0.6) is 0 Å². The van der Waals surface area contributed by atoms with Crippen LogP contribution in [0.3, 0.4) is 0 Å². The van der Waals surface area contributed by atoms with E-state index in [0.717, 1.165) is 4.88 Å². The van der Waals surface area contributed by atoms with Gasteiger partial charge in [0.05, 0.1) is 4.88 Å². The Morgan fingerprint density at radius 2 is 2.40 bits per heavy atom. The fourth-order valence-corrected chi connectivity index (χ4v) is 1.43. The zero-order chi connectivity index (χ0) is 10.9. The molecule has 0 atom stereocenters. The molecule has 0 unspecified atom stereocenters. The minimum absolute atomic E-state index is 0.130. The number of allylic oxidation sites excluding steroid dienone is 4. The van der Waals surface area contributed by atoms with E-state index in [1.165, 1.54) is 0 Å². The number of rotatable bonds is 3. The summed E-state index contributed by atoms with van der Waals surface area (Å²) in [6.07, 6.45) is 7.33. The maximum absolute atomic E-state index is 10.9. The van der Waals surface area contributed by atoms with Gasteiger partial charge < -0.3 is 0 Å². The smallest absolute Gasteiger partial charge is 0.155 e. The predicted molar refractivity (Wildman–Crippen MR) is 64.8 cm³/mol. The van der Waals surface area contributed by atoms with E-state index >= 15 is 0 Å². The van der Waals surface area contributed by atoms with Gasteiger partial charge in [0.25, 0.3) is 0 Å². The molecule has 0 aliphatic heterocycles. The van der Waals surface area contributed by atoms with Crippen molar-refractivity contribution in [1.82, 2.24) is 0 Å². The summed E-state index contributed by atoms with van der Waals surface area (Å²) in [7, 11) is 0. The third-order valence-corrected chi connectivity index (χ3v) is 2.42. The van der Waals surface area contributed by atoms with Crippen molar-refractivity contribution in [3.8, 4) is 11.8 Å². The van der Waals surface area contributed by atoms with Gasteiger partial charge in [-0.15, -0.1) is 11.3 Å². The molecule has 0 aliphatic rings. The van der Waals surface area contributed by atoms with Crippen LogP contribution in [0.4, 0.5) is 0 Å². The Kier molecular flexibility index (Phi) is 5.21. The summed E-state index contributed by atoms with van der Waals surface area (Å²) in [5, 5.41) is 1.99. The molecule has 1 aromatic heterocycles. The van der Waals surface area contributed by atoms with E-state index in [-0.39, 0.29) is 5.78 Å². The first-order valence-corrected chi connectivity index (χ1v) is 5.62. The highest BCUT2D eigenvalue weighted by atomic mass is 32.1. The van der Waals surface area contributed by atoms with Gasteiger partial charge in [0.1, 0.15) is 0 Å². The molecule has 0 saturated carbocycles. The van der Waals surface area contributed by atoms with E-state index < -0.39 is 0 Å². The Labute approximate surface area is 94.1 Å². The molecule has 0 bridgehead atoms. The Bertz CT molecular complexity index is 413. The third kappa shape index (κ3) is 4.99. The number of hydrogen-bond donors (Lipinski definition) is 0. The highest BCUT2D eigenvalue weighted by molar-refractivity contribution is 7.10. The third-order valence-electron chi connectivity index (χ3n) is 1.64. The molecule has 1 aromatic rings. The Balaban J connectivity index is 2.40. The number of hydrogen-bond acceptors (Lipinski definition) is 2. The predicted octanol–water partition coefficient (Wildman–Crippen LogP) is 3.19. The summed E-state index contributed by atoms with van der Waals surface area (Å²) < 4.78 is 0. The topological polar surface area (TPSA) is 17.1 Å². The number of carbonyl (C=O) groups excluding carboxylic acids is 1. The lowest BCUT2D eigenvalue weighted by Gasteiger charge is -1.80. The molecule has 1 heterocycles. The van der Waals surface area contributed by atoms with Gasteiger partial charge in [0, 0.05) is 6.42 Å². The summed E-state index contributed by atoms with van der Waals surface area (Å²) >= 11 is 1.62. The highest BCUT2D eigenvalue weighted by Crippen LogP contribution is 2.05. The van der Waals surface area contributed by atoms with Crippen LogP contribution in [0.2, 0.25) is 0 Å². The minimum atomic E-state index is 0.130. The van der Waals surface area contributed by atoms with Crippen molar-refractivity contribution in [3.05, 3.63) is 46.7 Å². The van der Waals surface area contributed by atoms with Gasteiger partial charge >= 0.3 is 0 Å². The van der Waals surface area contributed by atoms with Crippen LogP contribution in [-0.2, 0) is 4.79 Å². The second-order valence-corrected chi connectivity index (χ2v) is 3.73. The van der Waals surface area contributed by atoms with Gasteiger partial charge in [-0.2, -0.15) is 0 Å². The average molecular weight is 216 g/mol. The summed E-state index contributed by atoms with van der Waals surface area (Å²) in [5.41, 5.74) is 0. The average Bonchev–Trinajstić information content (AvgIpc) is 2.75. The van der Waals surface area contributed by atoms with Crippen LogP contribution in [0.1, 0.15) is 18.2 Å². The fraction of sp³-hybridized carbons (Fsp3) is 0.154. The molecule has 1 nitrogen and oxygen atoms in total. The first-order valence-electron chi connectivity index (χ1n) is 4.74. The molecule has 0 amide bonds. The number of thiophene rings is 1. The van der Waals surface area contributed by atoms with Gasteiger partial charge in [-0.25, -0.2) is 0 Å². The standard InChI is InChI=1S/C13H12OS/c1-2-12(14)8-5-3-4-6-9-13-10-7-11-15-13/h3-5,7-8,10-11H,2H2,1H3/b4-3+,8-5-. The van der Waals surface area contributed by atoms with Crippen molar-refractivity contribution in [1.29, 1.82) is 0 Å². The van der Waals surface area contributed by atoms with Crippen LogP contribution < -0.4 is 0 Å². The van der Waals surface area contributed by atoms with Crippen LogP contribution in [-0.4, -0.2) is 5.78 Å². The van der Waals surface area contributed by atoms with Crippen molar-refractivity contribution in [2.24, 2.45) is 0 Å². The molecule has 0 saturated heterocycles. The maximum atomic E-state index is 10.9. The van der Waals surface area contributed by atoms with Crippen LogP contribution in [0, 0.1) is 11.8 Å². The normalized spacial score (nSPS) is 10.5. The molecule has 1 rings (SSSR count). The first kappa shape index (κ1) is 11.5. The second-order valence-electron chi connectivity index (χ2n) is 2.78. The molecule has 0 aromatic carbocycles. The van der Waals surface area contributed by atoms with Gasteiger partial charge in [0.2, 0.25) is 0 Å². The Hall–Kier alpha value is -1.59. The van der Waals surface area contributed by atoms with Gasteiger partial charge in [-0.05, 0) is 23.6 Å². The Morgan fingerprint density at radius 3 is 3.07 bits per heavy atom. The zero-order valence-corrected chi connectivity index (χ0v) is 9.38. The quantitative estimate of drug-likeness (QED) is 0.431. The zero-order valence-electron chi connectivity index (χ0n) is 8.57. The van der Waals surface area contributed by atoms with E-state index in [2.05, 4.69) is 11.8 Å². The largest absolute Gasteiger partial charge is 0.295 e. The SMILES string of the molecule is CCC(=O)/C=C\C=C\C#Cc1cccs1. The molecular formula is C13H12OS. The molecule has 0 radical (unpaired) electrons. The van der Waals surface area contributed by atoms with Gasteiger partial charge in [0.15, 0.2) is 5.78 Å². The molecule has 0 spiro atoms. The first-order chi connectivity index (χ1) is 7.33. The van der Waals surface area contributed by atoms with Crippen molar-refractivity contribution in [3.63, 3.8) is 0 Å². The summed E-state index contributed by atoms with van der Waals surface area (Å²) in [5.74, 6) is 6.02. The monoisotopic (exact) mass is 216 g/mol. The van der Waals surface area contributed by atoms with E-state index in [0.29, 0.717) is 6.42 Å². The van der Waals surface area contributed by atoms with E-state index in [1.807, 2.05) is 24.4 Å². The highest BCUT2D eigenvalue weighted by Gasteiger charge is 1.85. The van der Waals surface area contributed by atoms with Crippen molar-refractivity contribution in [2.45, 2.75) is 13.3 Å². The number of ketones is 1. The molecule has 0 N–H and O–H groups in total. The van der Waals surface area contributed by atoms with Crippen LogP contribution in [0.25, 0.3) is 0 Å². The summed E-state index contributed by atoms with van der Waals surface area (Å²) in [6.45, 7) is 1.84. The van der Waals surface area contributed by atoms with Crippen molar-refractivity contribution >= 4 is 17.1 Å². The van der Waals surface area contributed by atoms with E-state index in [9.17, 15) is 4.79 Å². The summed E-state index contributed by atoms with van der Waals surface area (Å²) in [4.78, 5) is 11.9. The molecular weight excluding hydrogens is 204 g/mol. The molecule has 0 fully saturated rings. The lowest BCUT2D eigenvalue weighted by atomic mass is 10.3. The molecule has 15 heavy (non-hydrogen) atoms. The van der Waals surface area contributed by atoms with E-state index in [4.69, 9.17) is 0 Å². The lowest BCUT2D eigenvalue weighted by Crippen LogP contribution is -1.85. The van der Waals surface area contributed by atoms with E-state index in [1.54, 1.807) is 35.6 Å². The Morgan fingerprint density at radius 1 is 1.53 bits per heavy atom. The molecule has 0 aliphatic carbocycles. The van der Waals surface area contributed by atoms with Crippen LogP contribution in [0.15, 0.2) is 41.8 Å². The second kappa shape index (κ2) is 6.80. The summed E-state index contributed by atoms with van der Waals surface area (Å²) in [6, 6.07) is 3.94. The maximum Gasteiger partial charge on any atom is 0.155 e. The van der Waals surface area contributed by atoms with Crippen LogP contribution >= 0.6 is 11.3 Å².